The van der Waals surface area contributed by atoms with Crippen LogP contribution < -0.4 is 5.73 Å². The molecule has 0 spiro atoms. The largest absolute Gasteiger partial charge is 0.377 e. The Morgan fingerprint density at radius 3 is 2.50 bits per heavy atom. The van der Waals surface area contributed by atoms with Crippen molar-refractivity contribution in [2.75, 3.05) is 13.2 Å². The Bertz CT molecular complexity index is 143. The second-order valence-electron chi connectivity index (χ2n) is 4.23. The predicted octanol–water partition coefficient (Wildman–Crippen LogP) is 1.54. The lowest BCUT2D eigenvalue weighted by atomic mass is 9.89. The zero-order valence-electron chi connectivity index (χ0n) is 7.67. The fourth-order valence-electron chi connectivity index (χ4n) is 2.66. The van der Waals surface area contributed by atoms with E-state index >= 15 is 0 Å². The number of rotatable bonds is 2. The van der Waals surface area contributed by atoms with Crippen LogP contribution in [-0.4, -0.2) is 19.3 Å². The zero-order valence-corrected chi connectivity index (χ0v) is 7.67. The van der Waals surface area contributed by atoms with Crippen LogP contribution in [0.25, 0.3) is 0 Å². The molecule has 2 fully saturated rings. The molecule has 0 bridgehead atoms. The standard InChI is InChI=1S/C10H19NO/c11-6-10-5-9(7-12-10)8-3-1-2-4-8/h8-10H,1-7,11H2/t9-,10+/m1/s1. The van der Waals surface area contributed by atoms with E-state index in [9.17, 15) is 0 Å². The van der Waals surface area contributed by atoms with Crippen LogP contribution in [0.2, 0.25) is 0 Å². The van der Waals surface area contributed by atoms with Crippen LogP contribution in [0.1, 0.15) is 32.1 Å². The number of hydrogen-bond donors (Lipinski definition) is 1. The average Bonchev–Trinajstić information content (AvgIpc) is 2.75. The summed E-state index contributed by atoms with van der Waals surface area (Å²) in [6.07, 6.45) is 7.34. The summed E-state index contributed by atoms with van der Waals surface area (Å²) in [5.74, 6) is 1.79. The van der Waals surface area contributed by atoms with E-state index in [1.54, 1.807) is 0 Å². The van der Waals surface area contributed by atoms with Gasteiger partial charge in [0.25, 0.3) is 0 Å². The van der Waals surface area contributed by atoms with E-state index in [0.717, 1.165) is 18.4 Å². The first-order chi connectivity index (χ1) is 5.90. The van der Waals surface area contributed by atoms with Crippen LogP contribution in [0.3, 0.4) is 0 Å². The van der Waals surface area contributed by atoms with Crippen molar-refractivity contribution >= 4 is 0 Å². The predicted molar refractivity (Wildman–Crippen MR) is 48.9 cm³/mol. The molecule has 1 heterocycles. The van der Waals surface area contributed by atoms with E-state index in [1.165, 1.54) is 32.1 Å². The van der Waals surface area contributed by atoms with Crippen molar-refractivity contribution < 1.29 is 4.74 Å². The van der Waals surface area contributed by atoms with E-state index in [2.05, 4.69) is 0 Å². The molecule has 2 rings (SSSR count). The molecule has 1 saturated heterocycles. The Hall–Kier alpha value is -0.0800. The first-order valence-electron chi connectivity index (χ1n) is 5.22. The summed E-state index contributed by atoms with van der Waals surface area (Å²) in [5.41, 5.74) is 5.57. The lowest BCUT2D eigenvalue weighted by Crippen LogP contribution is -2.19. The van der Waals surface area contributed by atoms with E-state index < -0.39 is 0 Å². The normalized spacial score (nSPS) is 37.8. The van der Waals surface area contributed by atoms with Gasteiger partial charge in [-0.2, -0.15) is 0 Å². The molecule has 0 unspecified atom stereocenters. The summed E-state index contributed by atoms with van der Waals surface area (Å²) in [5, 5.41) is 0. The molecule has 0 radical (unpaired) electrons. The van der Waals surface area contributed by atoms with Gasteiger partial charge in [0.2, 0.25) is 0 Å². The topological polar surface area (TPSA) is 35.2 Å². The molecule has 2 nitrogen and oxygen atoms in total. The summed E-state index contributed by atoms with van der Waals surface area (Å²) < 4.78 is 5.60. The van der Waals surface area contributed by atoms with Crippen LogP contribution in [0.15, 0.2) is 0 Å². The Morgan fingerprint density at radius 1 is 1.17 bits per heavy atom. The second kappa shape index (κ2) is 3.75. The highest BCUT2D eigenvalue weighted by molar-refractivity contribution is 4.82. The van der Waals surface area contributed by atoms with Crippen molar-refractivity contribution in [3.63, 3.8) is 0 Å². The quantitative estimate of drug-likeness (QED) is 0.680. The van der Waals surface area contributed by atoms with Gasteiger partial charge in [-0.05, 0) is 18.3 Å². The molecule has 0 amide bonds. The van der Waals surface area contributed by atoms with Crippen molar-refractivity contribution in [3.8, 4) is 0 Å². The van der Waals surface area contributed by atoms with Crippen molar-refractivity contribution in [2.45, 2.75) is 38.2 Å². The maximum absolute atomic E-state index is 5.60. The average molecular weight is 169 g/mol. The molecule has 1 saturated carbocycles. The molecular formula is C10H19NO. The van der Waals surface area contributed by atoms with Crippen LogP contribution in [-0.2, 0) is 4.74 Å². The second-order valence-corrected chi connectivity index (χ2v) is 4.23. The maximum atomic E-state index is 5.60. The van der Waals surface area contributed by atoms with Crippen molar-refractivity contribution in [3.05, 3.63) is 0 Å². The van der Waals surface area contributed by atoms with Gasteiger partial charge in [0, 0.05) is 6.54 Å². The van der Waals surface area contributed by atoms with Gasteiger partial charge in [0.1, 0.15) is 0 Å². The molecule has 70 valence electrons. The molecule has 2 heteroatoms. The smallest absolute Gasteiger partial charge is 0.0701 e. The molecule has 0 aromatic carbocycles. The first kappa shape index (κ1) is 8.52. The van der Waals surface area contributed by atoms with E-state index in [-0.39, 0.29) is 0 Å². The van der Waals surface area contributed by atoms with Gasteiger partial charge in [-0.3, -0.25) is 0 Å². The molecule has 2 aliphatic rings. The molecule has 1 aliphatic carbocycles. The van der Waals surface area contributed by atoms with Gasteiger partial charge in [0.05, 0.1) is 12.7 Å². The highest BCUT2D eigenvalue weighted by Crippen LogP contribution is 2.36. The summed E-state index contributed by atoms with van der Waals surface area (Å²) in [4.78, 5) is 0. The minimum atomic E-state index is 0.371. The summed E-state index contributed by atoms with van der Waals surface area (Å²) in [7, 11) is 0. The minimum absolute atomic E-state index is 0.371. The Morgan fingerprint density at radius 2 is 1.92 bits per heavy atom. The Kier molecular flexibility index (Phi) is 2.66. The summed E-state index contributed by atoms with van der Waals surface area (Å²) in [6, 6.07) is 0. The molecule has 2 atom stereocenters. The van der Waals surface area contributed by atoms with Gasteiger partial charge in [-0.15, -0.1) is 0 Å². The van der Waals surface area contributed by atoms with E-state index in [4.69, 9.17) is 10.5 Å². The summed E-state index contributed by atoms with van der Waals surface area (Å²) >= 11 is 0. The monoisotopic (exact) mass is 169 g/mol. The SMILES string of the molecule is NC[C@@H]1C[C@@H](C2CCCC2)CO1. The third kappa shape index (κ3) is 1.64. The third-order valence-corrected chi connectivity index (χ3v) is 3.44. The van der Waals surface area contributed by atoms with Gasteiger partial charge >= 0.3 is 0 Å². The third-order valence-electron chi connectivity index (χ3n) is 3.44. The fourth-order valence-corrected chi connectivity index (χ4v) is 2.66. The van der Waals surface area contributed by atoms with Crippen LogP contribution in [0.5, 0.6) is 0 Å². The summed E-state index contributed by atoms with van der Waals surface area (Å²) in [6.45, 7) is 1.69. The molecule has 0 aromatic rings. The number of nitrogens with two attached hydrogens (primary N) is 1. The Balaban J connectivity index is 1.81. The maximum Gasteiger partial charge on any atom is 0.0701 e. The van der Waals surface area contributed by atoms with Gasteiger partial charge in [-0.25, -0.2) is 0 Å². The van der Waals surface area contributed by atoms with Crippen molar-refractivity contribution in [2.24, 2.45) is 17.6 Å². The highest BCUT2D eigenvalue weighted by Gasteiger charge is 2.32. The van der Waals surface area contributed by atoms with Gasteiger partial charge in [0.15, 0.2) is 0 Å². The lowest BCUT2D eigenvalue weighted by Gasteiger charge is -2.15. The first-order valence-corrected chi connectivity index (χ1v) is 5.22. The van der Waals surface area contributed by atoms with Gasteiger partial charge in [-0.1, -0.05) is 25.7 Å². The van der Waals surface area contributed by atoms with Crippen LogP contribution in [0.4, 0.5) is 0 Å². The minimum Gasteiger partial charge on any atom is -0.377 e. The van der Waals surface area contributed by atoms with Crippen LogP contribution in [0, 0.1) is 11.8 Å². The molecule has 2 N–H and O–H groups in total. The number of hydrogen-bond acceptors (Lipinski definition) is 2. The fraction of sp³-hybridized carbons (Fsp3) is 1.00. The van der Waals surface area contributed by atoms with Crippen molar-refractivity contribution in [1.82, 2.24) is 0 Å². The van der Waals surface area contributed by atoms with E-state index in [0.29, 0.717) is 12.6 Å². The lowest BCUT2D eigenvalue weighted by molar-refractivity contribution is 0.108. The molecule has 12 heavy (non-hydrogen) atoms. The molecule has 1 aliphatic heterocycles. The Labute approximate surface area is 74.5 Å². The highest BCUT2D eigenvalue weighted by atomic mass is 16.5. The number of ether oxygens (including phenoxy) is 1. The molecular weight excluding hydrogens is 150 g/mol. The van der Waals surface area contributed by atoms with E-state index in [1.807, 2.05) is 0 Å². The van der Waals surface area contributed by atoms with Gasteiger partial charge < -0.3 is 10.5 Å². The zero-order chi connectivity index (χ0) is 8.39. The van der Waals surface area contributed by atoms with Crippen LogP contribution >= 0.6 is 0 Å². The molecule has 0 aromatic heterocycles. The van der Waals surface area contributed by atoms with Crippen molar-refractivity contribution in [1.29, 1.82) is 0 Å².